The van der Waals surface area contributed by atoms with Crippen LogP contribution in [0.4, 0.5) is 0 Å². The van der Waals surface area contributed by atoms with Gasteiger partial charge in [-0.25, -0.2) is 0 Å². The third kappa shape index (κ3) is 6.45. The monoisotopic (exact) mass is 211 g/mol. The van der Waals surface area contributed by atoms with E-state index in [9.17, 15) is 4.79 Å². The number of rotatable bonds is 9. The third-order valence-corrected chi connectivity index (χ3v) is 2.80. The highest BCUT2D eigenvalue weighted by Gasteiger charge is 2.19. The van der Waals surface area contributed by atoms with Crippen LogP contribution in [-0.2, 0) is 4.79 Å². The van der Waals surface area contributed by atoms with Crippen LogP contribution in [0, 0.1) is 11.8 Å². The van der Waals surface area contributed by atoms with E-state index in [1.807, 2.05) is 6.08 Å². The van der Waals surface area contributed by atoms with Crippen LogP contribution in [-0.4, -0.2) is 12.3 Å². The van der Waals surface area contributed by atoms with Crippen LogP contribution in [0.5, 0.6) is 0 Å². The van der Waals surface area contributed by atoms with Crippen molar-refractivity contribution in [1.82, 2.24) is 0 Å². The van der Waals surface area contributed by atoms with Gasteiger partial charge in [-0.2, -0.15) is 0 Å². The molecule has 1 atom stereocenters. The molecule has 0 radical (unpaired) electrons. The summed E-state index contributed by atoms with van der Waals surface area (Å²) in [6.07, 6.45) is 6.93. The summed E-state index contributed by atoms with van der Waals surface area (Å²) in [5.41, 5.74) is 5.59. The van der Waals surface area contributed by atoms with E-state index in [0.717, 1.165) is 25.7 Å². The Bertz CT molecular complexity index is 187. The topological polar surface area (TPSA) is 43.1 Å². The Morgan fingerprint density at radius 1 is 1.33 bits per heavy atom. The van der Waals surface area contributed by atoms with E-state index in [1.165, 1.54) is 0 Å². The summed E-state index contributed by atoms with van der Waals surface area (Å²) in [6.45, 7) is 8.29. The summed E-state index contributed by atoms with van der Waals surface area (Å²) < 4.78 is 0. The third-order valence-electron chi connectivity index (χ3n) is 2.80. The minimum atomic E-state index is 0.0596. The average molecular weight is 211 g/mol. The van der Waals surface area contributed by atoms with Gasteiger partial charge in [0.25, 0.3) is 0 Å². The predicted octanol–water partition coefficient (Wildman–Crippen LogP) is 2.92. The van der Waals surface area contributed by atoms with Crippen LogP contribution in [0.3, 0.4) is 0 Å². The normalized spacial score (nSPS) is 12.8. The Labute approximate surface area is 93.9 Å². The van der Waals surface area contributed by atoms with Crippen molar-refractivity contribution in [1.29, 1.82) is 0 Å². The van der Waals surface area contributed by atoms with Gasteiger partial charge < -0.3 is 5.73 Å². The van der Waals surface area contributed by atoms with Gasteiger partial charge in [-0.15, -0.1) is 6.58 Å². The molecular formula is C13H25NO. The zero-order chi connectivity index (χ0) is 11.7. The molecule has 0 bridgehead atoms. The van der Waals surface area contributed by atoms with E-state index >= 15 is 0 Å². The lowest BCUT2D eigenvalue weighted by Crippen LogP contribution is -2.28. The van der Waals surface area contributed by atoms with Gasteiger partial charge in [-0.1, -0.05) is 26.3 Å². The van der Waals surface area contributed by atoms with E-state index in [1.54, 1.807) is 0 Å². The highest BCUT2D eigenvalue weighted by atomic mass is 16.1. The van der Waals surface area contributed by atoms with Gasteiger partial charge in [0.15, 0.2) is 0 Å². The lowest BCUT2D eigenvalue weighted by Gasteiger charge is -2.17. The first-order chi connectivity index (χ1) is 7.13. The lowest BCUT2D eigenvalue weighted by atomic mass is 9.89. The SMILES string of the molecule is C=CCCCCCC(=O)C(CN)C(C)C. The van der Waals surface area contributed by atoms with E-state index < -0.39 is 0 Å². The highest BCUT2D eigenvalue weighted by Crippen LogP contribution is 2.14. The van der Waals surface area contributed by atoms with Crippen molar-refractivity contribution in [3.05, 3.63) is 12.7 Å². The molecule has 2 nitrogen and oxygen atoms in total. The number of carbonyl (C=O) groups is 1. The molecule has 0 fully saturated rings. The number of Topliss-reactive ketones (excluding diaryl/α,β-unsaturated/α-hetero) is 1. The first kappa shape index (κ1) is 14.4. The lowest BCUT2D eigenvalue weighted by molar-refractivity contribution is -0.123. The smallest absolute Gasteiger partial charge is 0.137 e. The second-order valence-corrected chi connectivity index (χ2v) is 4.44. The fourth-order valence-electron chi connectivity index (χ4n) is 1.73. The number of hydrogen-bond acceptors (Lipinski definition) is 2. The summed E-state index contributed by atoms with van der Waals surface area (Å²) in [5, 5.41) is 0. The Morgan fingerprint density at radius 3 is 2.47 bits per heavy atom. The average Bonchev–Trinajstić information content (AvgIpc) is 2.18. The number of allylic oxidation sites excluding steroid dienone is 1. The van der Waals surface area contributed by atoms with Crippen molar-refractivity contribution in [3.8, 4) is 0 Å². The van der Waals surface area contributed by atoms with Crippen LogP contribution >= 0.6 is 0 Å². The maximum Gasteiger partial charge on any atom is 0.137 e. The summed E-state index contributed by atoms with van der Waals surface area (Å²) in [7, 11) is 0. The van der Waals surface area contributed by atoms with E-state index in [-0.39, 0.29) is 5.92 Å². The van der Waals surface area contributed by atoms with Gasteiger partial charge in [-0.05, 0) is 25.2 Å². The molecule has 2 N–H and O–H groups in total. The van der Waals surface area contributed by atoms with Crippen molar-refractivity contribution in [3.63, 3.8) is 0 Å². The zero-order valence-electron chi connectivity index (χ0n) is 10.2. The molecule has 0 rings (SSSR count). The summed E-state index contributed by atoms with van der Waals surface area (Å²) in [6, 6.07) is 0. The van der Waals surface area contributed by atoms with E-state index in [0.29, 0.717) is 24.7 Å². The Morgan fingerprint density at radius 2 is 2.00 bits per heavy atom. The number of carbonyl (C=O) groups excluding carboxylic acids is 1. The number of unbranched alkanes of at least 4 members (excludes halogenated alkanes) is 3. The van der Waals surface area contributed by atoms with Gasteiger partial charge in [0.05, 0.1) is 0 Å². The molecular weight excluding hydrogens is 186 g/mol. The van der Waals surface area contributed by atoms with Crippen LogP contribution in [0.25, 0.3) is 0 Å². The van der Waals surface area contributed by atoms with E-state index in [4.69, 9.17) is 5.73 Å². The molecule has 0 aliphatic heterocycles. The maximum absolute atomic E-state index is 11.7. The largest absolute Gasteiger partial charge is 0.330 e. The maximum atomic E-state index is 11.7. The van der Waals surface area contributed by atoms with E-state index in [2.05, 4.69) is 20.4 Å². The van der Waals surface area contributed by atoms with Crippen molar-refractivity contribution < 1.29 is 4.79 Å². The van der Waals surface area contributed by atoms with Crippen molar-refractivity contribution in [2.24, 2.45) is 17.6 Å². The fourth-order valence-corrected chi connectivity index (χ4v) is 1.73. The minimum absolute atomic E-state index is 0.0596. The highest BCUT2D eigenvalue weighted by molar-refractivity contribution is 5.81. The Balaban J connectivity index is 3.67. The second-order valence-electron chi connectivity index (χ2n) is 4.44. The molecule has 2 heteroatoms. The first-order valence-electron chi connectivity index (χ1n) is 5.97. The number of hydrogen-bond donors (Lipinski definition) is 1. The molecule has 0 heterocycles. The van der Waals surface area contributed by atoms with Crippen LogP contribution in [0.1, 0.15) is 46.0 Å². The second kappa shape index (κ2) is 8.66. The Kier molecular flexibility index (Phi) is 8.30. The van der Waals surface area contributed by atoms with Gasteiger partial charge in [-0.3, -0.25) is 4.79 Å². The molecule has 0 aromatic carbocycles. The molecule has 0 aliphatic carbocycles. The molecule has 15 heavy (non-hydrogen) atoms. The molecule has 0 saturated heterocycles. The zero-order valence-corrected chi connectivity index (χ0v) is 10.2. The Hall–Kier alpha value is -0.630. The summed E-state index contributed by atoms with van der Waals surface area (Å²) in [5.74, 6) is 0.770. The molecule has 1 unspecified atom stereocenters. The molecule has 0 spiro atoms. The summed E-state index contributed by atoms with van der Waals surface area (Å²) >= 11 is 0. The number of nitrogens with two attached hydrogens (primary N) is 1. The van der Waals surface area contributed by atoms with Crippen molar-refractivity contribution >= 4 is 5.78 Å². The molecule has 0 aliphatic rings. The molecule has 0 aromatic heterocycles. The summed E-state index contributed by atoms with van der Waals surface area (Å²) in [4.78, 5) is 11.7. The quantitative estimate of drug-likeness (QED) is 0.470. The predicted molar refractivity (Wildman–Crippen MR) is 65.7 cm³/mol. The van der Waals surface area contributed by atoms with Crippen LogP contribution in [0.2, 0.25) is 0 Å². The van der Waals surface area contributed by atoms with Crippen molar-refractivity contribution in [2.75, 3.05) is 6.54 Å². The first-order valence-corrected chi connectivity index (χ1v) is 5.97. The molecule has 0 aromatic rings. The van der Waals surface area contributed by atoms with Gasteiger partial charge in [0, 0.05) is 18.9 Å². The molecule has 0 amide bonds. The fraction of sp³-hybridized carbons (Fsp3) is 0.769. The van der Waals surface area contributed by atoms with Crippen LogP contribution in [0.15, 0.2) is 12.7 Å². The van der Waals surface area contributed by atoms with Gasteiger partial charge in [0.1, 0.15) is 5.78 Å². The number of ketones is 1. The molecule has 88 valence electrons. The standard InChI is InChI=1S/C13H25NO/c1-4-5-6-7-8-9-13(15)12(10-14)11(2)3/h4,11-12H,1,5-10,14H2,2-3H3. The molecule has 0 saturated carbocycles. The van der Waals surface area contributed by atoms with Gasteiger partial charge in [0.2, 0.25) is 0 Å². The van der Waals surface area contributed by atoms with Gasteiger partial charge >= 0.3 is 0 Å². The van der Waals surface area contributed by atoms with Crippen LogP contribution < -0.4 is 5.73 Å². The minimum Gasteiger partial charge on any atom is -0.330 e. The van der Waals surface area contributed by atoms with Crippen molar-refractivity contribution in [2.45, 2.75) is 46.0 Å².